The summed E-state index contributed by atoms with van der Waals surface area (Å²) in [6.45, 7) is 2.88. The van der Waals surface area contributed by atoms with E-state index < -0.39 is 0 Å². The second-order valence-corrected chi connectivity index (χ2v) is 4.59. The maximum absolute atomic E-state index is 10.5. The normalized spacial score (nSPS) is 12.6. The third-order valence-corrected chi connectivity index (χ3v) is 3.20. The van der Waals surface area contributed by atoms with Crippen molar-refractivity contribution in [1.82, 2.24) is 5.32 Å². The van der Waals surface area contributed by atoms with E-state index in [0.717, 1.165) is 29.7 Å². The van der Waals surface area contributed by atoms with Crippen LogP contribution in [0.5, 0.6) is 0 Å². The van der Waals surface area contributed by atoms with Crippen LogP contribution in [0.1, 0.15) is 25.3 Å². The average molecular weight is 244 g/mol. The summed E-state index contributed by atoms with van der Waals surface area (Å²) in [5.41, 5.74) is 0.938. The topological polar surface area (TPSA) is 75.4 Å². The second-order valence-electron chi connectivity index (χ2n) is 3.70. The van der Waals surface area contributed by atoms with Gasteiger partial charge in [-0.2, -0.15) is 0 Å². The molecule has 0 saturated heterocycles. The summed E-state index contributed by atoms with van der Waals surface area (Å²) in [5, 5.41) is 24.4. The Morgan fingerprint density at radius 2 is 2.44 bits per heavy atom. The predicted octanol–water partition coefficient (Wildman–Crippen LogP) is 1.91. The molecule has 0 spiro atoms. The third kappa shape index (κ3) is 4.26. The summed E-state index contributed by atoms with van der Waals surface area (Å²) in [5.74, 6) is 0. The minimum absolute atomic E-state index is 0.180. The van der Waals surface area contributed by atoms with Crippen LogP contribution in [-0.2, 0) is 6.54 Å². The Hall–Kier alpha value is -0.980. The van der Waals surface area contributed by atoms with Crippen LogP contribution in [0.15, 0.2) is 11.4 Å². The van der Waals surface area contributed by atoms with E-state index in [1.807, 2.05) is 6.92 Å². The molecule has 0 aliphatic carbocycles. The Kier molecular flexibility index (Phi) is 5.37. The predicted molar refractivity (Wildman–Crippen MR) is 63.6 cm³/mol. The molecule has 1 aromatic heterocycles. The lowest BCUT2D eigenvalue weighted by molar-refractivity contribution is -0.380. The molecule has 0 aromatic carbocycles. The molecule has 0 saturated carbocycles. The summed E-state index contributed by atoms with van der Waals surface area (Å²) < 4.78 is 0. The molecule has 0 aliphatic heterocycles. The van der Waals surface area contributed by atoms with Crippen LogP contribution in [0.3, 0.4) is 0 Å². The van der Waals surface area contributed by atoms with Crippen molar-refractivity contribution in [3.8, 4) is 0 Å². The summed E-state index contributed by atoms with van der Waals surface area (Å²) in [6, 6.07) is 1.90. The van der Waals surface area contributed by atoms with Gasteiger partial charge in [-0.05, 0) is 25.3 Å². The largest absolute Gasteiger partial charge is 0.396 e. The summed E-state index contributed by atoms with van der Waals surface area (Å²) in [7, 11) is 0. The van der Waals surface area contributed by atoms with Gasteiger partial charge in [0.05, 0.1) is 4.92 Å². The van der Waals surface area contributed by atoms with Gasteiger partial charge in [0.1, 0.15) is 0 Å². The first-order valence-corrected chi connectivity index (χ1v) is 6.07. The second kappa shape index (κ2) is 6.57. The fraction of sp³-hybridized carbons (Fsp3) is 0.600. The molecule has 1 rings (SSSR count). The first-order chi connectivity index (χ1) is 7.63. The lowest BCUT2D eigenvalue weighted by Crippen LogP contribution is -2.25. The van der Waals surface area contributed by atoms with Crippen molar-refractivity contribution < 1.29 is 10.0 Å². The van der Waals surface area contributed by atoms with Gasteiger partial charge in [0.25, 0.3) is 0 Å². The Morgan fingerprint density at radius 1 is 1.69 bits per heavy atom. The van der Waals surface area contributed by atoms with E-state index in [2.05, 4.69) is 5.32 Å². The standard InChI is InChI=1S/C10H16N2O3S/c1-8(3-2-4-13)11-6-9-5-10(12(14)15)16-7-9/h5,7-8,11,13H,2-4,6H2,1H3. The van der Waals surface area contributed by atoms with Crippen molar-refractivity contribution in [2.45, 2.75) is 32.4 Å². The fourth-order valence-electron chi connectivity index (χ4n) is 1.34. The molecule has 0 aliphatic rings. The van der Waals surface area contributed by atoms with Gasteiger partial charge in [0.15, 0.2) is 0 Å². The molecule has 6 heteroatoms. The van der Waals surface area contributed by atoms with Crippen molar-refractivity contribution in [3.63, 3.8) is 0 Å². The van der Waals surface area contributed by atoms with E-state index in [-0.39, 0.29) is 16.5 Å². The number of rotatable bonds is 7. The highest BCUT2D eigenvalue weighted by atomic mass is 32.1. The lowest BCUT2D eigenvalue weighted by Gasteiger charge is -2.11. The monoisotopic (exact) mass is 244 g/mol. The molecule has 16 heavy (non-hydrogen) atoms. The molecule has 1 unspecified atom stereocenters. The van der Waals surface area contributed by atoms with Crippen LogP contribution in [0.25, 0.3) is 0 Å². The minimum atomic E-state index is -0.372. The van der Waals surface area contributed by atoms with Gasteiger partial charge >= 0.3 is 5.00 Å². The van der Waals surface area contributed by atoms with Crippen LogP contribution in [0.2, 0.25) is 0 Å². The number of aliphatic hydroxyl groups excluding tert-OH is 1. The number of nitro groups is 1. The molecule has 1 atom stereocenters. The Morgan fingerprint density at radius 3 is 3.00 bits per heavy atom. The maximum Gasteiger partial charge on any atom is 0.324 e. The number of hydrogen-bond acceptors (Lipinski definition) is 5. The Bertz CT molecular complexity index is 341. The van der Waals surface area contributed by atoms with Crippen molar-refractivity contribution >= 4 is 16.3 Å². The van der Waals surface area contributed by atoms with Gasteiger partial charge < -0.3 is 10.4 Å². The highest BCUT2D eigenvalue weighted by Crippen LogP contribution is 2.22. The SMILES string of the molecule is CC(CCCO)NCc1csc([N+](=O)[O-])c1. The molecule has 0 fully saturated rings. The fourth-order valence-corrected chi connectivity index (χ4v) is 2.07. The average Bonchev–Trinajstić information content (AvgIpc) is 2.72. The van der Waals surface area contributed by atoms with E-state index in [1.54, 1.807) is 11.4 Å². The molecule has 0 bridgehead atoms. The van der Waals surface area contributed by atoms with Crippen molar-refractivity contribution in [2.24, 2.45) is 0 Å². The van der Waals surface area contributed by atoms with Crippen LogP contribution >= 0.6 is 11.3 Å². The van der Waals surface area contributed by atoms with E-state index >= 15 is 0 Å². The molecule has 1 aromatic rings. The van der Waals surface area contributed by atoms with Gasteiger partial charge in [-0.3, -0.25) is 10.1 Å². The zero-order chi connectivity index (χ0) is 12.0. The van der Waals surface area contributed by atoms with Gasteiger partial charge in [-0.1, -0.05) is 11.3 Å². The van der Waals surface area contributed by atoms with Crippen LogP contribution in [-0.4, -0.2) is 22.7 Å². The van der Waals surface area contributed by atoms with Gasteiger partial charge in [0.2, 0.25) is 0 Å². The summed E-state index contributed by atoms with van der Waals surface area (Å²) in [4.78, 5) is 10.1. The Balaban J connectivity index is 2.33. The number of nitrogens with zero attached hydrogens (tertiary/aromatic N) is 1. The number of hydrogen-bond donors (Lipinski definition) is 2. The zero-order valence-corrected chi connectivity index (χ0v) is 10.00. The summed E-state index contributed by atoms with van der Waals surface area (Å²) in [6.07, 6.45) is 1.68. The number of thiophene rings is 1. The lowest BCUT2D eigenvalue weighted by atomic mass is 10.2. The number of aliphatic hydroxyl groups is 1. The molecular formula is C10H16N2O3S. The van der Waals surface area contributed by atoms with E-state index in [0.29, 0.717) is 12.6 Å². The first kappa shape index (κ1) is 13.1. The molecule has 0 amide bonds. The Labute approximate surface area is 98.3 Å². The van der Waals surface area contributed by atoms with E-state index in [1.165, 1.54) is 0 Å². The number of nitrogens with one attached hydrogen (secondary N) is 1. The van der Waals surface area contributed by atoms with E-state index in [4.69, 9.17) is 5.11 Å². The molecule has 5 nitrogen and oxygen atoms in total. The highest BCUT2D eigenvalue weighted by molar-refractivity contribution is 7.13. The first-order valence-electron chi connectivity index (χ1n) is 5.19. The smallest absolute Gasteiger partial charge is 0.324 e. The molecule has 90 valence electrons. The molecule has 0 radical (unpaired) electrons. The van der Waals surface area contributed by atoms with Crippen LogP contribution in [0, 0.1) is 10.1 Å². The van der Waals surface area contributed by atoms with E-state index in [9.17, 15) is 10.1 Å². The minimum Gasteiger partial charge on any atom is -0.396 e. The van der Waals surface area contributed by atoms with Crippen molar-refractivity contribution in [2.75, 3.05) is 6.61 Å². The summed E-state index contributed by atoms with van der Waals surface area (Å²) >= 11 is 1.15. The van der Waals surface area contributed by atoms with Crippen molar-refractivity contribution in [3.05, 3.63) is 27.1 Å². The molecular weight excluding hydrogens is 228 g/mol. The third-order valence-electron chi connectivity index (χ3n) is 2.27. The van der Waals surface area contributed by atoms with Crippen molar-refractivity contribution in [1.29, 1.82) is 0 Å². The van der Waals surface area contributed by atoms with Crippen LogP contribution < -0.4 is 5.32 Å². The van der Waals surface area contributed by atoms with Crippen LogP contribution in [0.4, 0.5) is 5.00 Å². The van der Waals surface area contributed by atoms with Gasteiger partial charge in [-0.15, -0.1) is 0 Å². The molecule has 2 N–H and O–H groups in total. The maximum atomic E-state index is 10.5. The quantitative estimate of drug-likeness (QED) is 0.567. The zero-order valence-electron chi connectivity index (χ0n) is 9.18. The molecule has 1 heterocycles. The highest BCUT2D eigenvalue weighted by Gasteiger charge is 2.09. The van der Waals surface area contributed by atoms with Gasteiger partial charge in [-0.25, -0.2) is 0 Å². The van der Waals surface area contributed by atoms with Gasteiger partial charge in [0, 0.05) is 30.6 Å².